The first kappa shape index (κ1) is 16.5. The van der Waals surface area contributed by atoms with Gasteiger partial charge in [0.15, 0.2) is 0 Å². The number of hydrogen-bond donors (Lipinski definition) is 1. The van der Waals surface area contributed by atoms with Gasteiger partial charge in [-0.3, -0.25) is 0 Å². The van der Waals surface area contributed by atoms with Crippen molar-refractivity contribution in [2.45, 2.75) is 51.8 Å². The standard InChI is InChI=1S/C16H26FNS/c1-5-8-18-16(11-19-12(2)3)10-14-9-15(17)7-6-13(14)4/h6-7,9,12,16,18H,5,8,10-11H2,1-4H3. The van der Waals surface area contributed by atoms with Crippen LogP contribution in [0.2, 0.25) is 0 Å². The molecule has 0 amide bonds. The fourth-order valence-corrected chi connectivity index (χ4v) is 2.83. The molecule has 0 aliphatic heterocycles. The van der Waals surface area contributed by atoms with Gasteiger partial charge >= 0.3 is 0 Å². The van der Waals surface area contributed by atoms with E-state index in [0.717, 1.165) is 30.7 Å². The molecule has 0 radical (unpaired) electrons. The van der Waals surface area contributed by atoms with E-state index in [4.69, 9.17) is 0 Å². The Morgan fingerprint density at radius 3 is 2.68 bits per heavy atom. The molecule has 1 aromatic carbocycles. The molecule has 0 aliphatic rings. The number of rotatable bonds is 8. The highest BCUT2D eigenvalue weighted by Gasteiger charge is 2.12. The fourth-order valence-electron chi connectivity index (χ4n) is 1.97. The summed E-state index contributed by atoms with van der Waals surface area (Å²) in [7, 11) is 0. The van der Waals surface area contributed by atoms with Crippen LogP contribution in [0.3, 0.4) is 0 Å². The number of nitrogens with one attached hydrogen (secondary N) is 1. The zero-order chi connectivity index (χ0) is 14.3. The van der Waals surface area contributed by atoms with E-state index in [1.165, 1.54) is 11.6 Å². The summed E-state index contributed by atoms with van der Waals surface area (Å²) in [6.07, 6.45) is 2.04. The largest absolute Gasteiger partial charge is 0.313 e. The molecule has 0 aromatic heterocycles. The minimum atomic E-state index is -0.133. The number of benzene rings is 1. The molecule has 0 fully saturated rings. The van der Waals surface area contributed by atoms with Crippen molar-refractivity contribution in [3.63, 3.8) is 0 Å². The number of halogens is 1. The highest BCUT2D eigenvalue weighted by molar-refractivity contribution is 7.99. The smallest absolute Gasteiger partial charge is 0.123 e. The van der Waals surface area contributed by atoms with Gasteiger partial charge in [0.25, 0.3) is 0 Å². The van der Waals surface area contributed by atoms with E-state index >= 15 is 0 Å². The number of thioether (sulfide) groups is 1. The molecule has 1 atom stereocenters. The fraction of sp³-hybridized carbons (Fsp3) is 0.625. The van der Waals surface area contributed by atoms with Gasteiger partial charge in [0.2, 0.25) is 0 Å². The summed E-state index contributed by atoms with van der Waals surface area (Å²) in [6, 6.07) is 5.51. The van der Waals surface area contributed by atoms with Gasteiger partial charge in [0.05, 0.1) is 0 Å². The van der Waals surface area contributed by atoms with Crippen LogP contribution in [0, 0.1) is 12.7 Å². The molecule has 108 valence electrons. The Morgan fingerprint density at radius 1 is 1.32 bits per heavy atom. The Hall–Kier alpha value is -0.540. The first-order valence-electron chi connectivity index (χ1n) is 7.13. The molecular formula is C16H26FNS. The van der Waals surface area contributed by atoms with Crippen LogP contribution in [0.4, 0.5) is 4.39 Å². The predicted octanol–water partition coefficient (Wildman–Crippen LogP) is 4.19. The van der Waals surface area contributed by atoms with Crippen LogP contribution in [-0.4, -0.2) is 23.6 Å². The third kappa shape index (κ3) is 6.44. The van der Waals surface area contributed by atoms with Crippen molar-refractivity contribution in [2.75, 3.05) is 12.3 Å². The van der Waals surface area contributed by atoms with Gasteiger partial charge < -0.3 is 5.32 Å². The summed E-state index contributed by atoms with van der Waals surface area (Å²) in [5, 5.41) is 4.22. The highest BCUT2D eigenvalue weighted by Crippen LogP contribution is 2.17. The topological polar surface area (TPSA) is 12.0 Å². The van der Waals surface area contributed by atoms with Crippen LogP contribution in [-0.2, 0) is 6.42 Å². The molecule has 1 nitrogen and oxygen atoms in total. The highest BCUT2D eigenvalue weighted by atomic mass is 32.2. The van der Waals surface area contributed by atoms with Crippen molar-refractivity contribution in [2.24, 2.45) is 0 Å². The van der Waals surface area contributed by atoms with E-state index in [1.807, 2.05) is 17.8 Å². The maximum absolute atomic E-state index is 13.3. The lowest BCUT2D eigenvalue weighted by molar-refractivity contribution is 0.546. The van der Waals surface area contributed by atoms with Crippen molar-refractivity contribution in [3.8, 4) is 0 Å². The van der Waals surface area contributed by atoms with Gasteiger partial charge in [-0.15, -0.1) is 0 Å². The second-order valence-electron chi connectivity index (χ2n) is 5.31. The first-order valence-corrected chi connectivity index (χ1v) is 8.17. The Kier molecular flexibility index (Phi) is 7.47. The minimum Gasteiger partial charge on any atom is -0.313 e. The molecule has 3 heteroatoms. The molecule has 0 heterocycles. The minimum absolute atomic E-state index is 0.133. The van der Waals surface area contributed by atoms with Gasteiger partial charge in [-0.25, -0.2) is 4.39 Å². The molecule has 0 saturated carbocycles. The van der Waals surface area contributed by atoms with Crippen molar-refractivity contribution >= 4 is 11.8 Å². The second-order valence-corrected chi connectivity index (χ2v) is 6.92. The van der Waals surface area contributed by atoms with Crippen LogP contribution >= 0.6 is 11.8 Å². The summed E-state index contributed by atoms with van der Waals surface area (Å²) in [4.78, 5) is 0. The summed E-state index contributed by atoms with van der Waals surface area (Å²) in [6.45, 7) is 9.69. The van der Waals surface area contributed by atoms with Gasteiger partial charge in [-0.2, -0.15) is 11.8 Å². The van der Waals surface area contributed by atoms with Crippen molar-refractivity contribution in [1.29, 1.82) is 0 Å². The summed E-state index contributed by atoms with van der Waals surface area (Å²) >= 11 is 1.96. The molecule has 0 bridgehead atoms. The van der Waals surface area contributed by atoms with Crippen LogP contribution in [0.5, 0.6) is 0 Å². The van der Waals surface area contributed by atoms with Gasteiger partial charge in [-0.1, -0.05) is 26.8 Å². The predicted molar refractivity (Wildman–Crippen MR) is 84.5 cm³/mol. The van der Waals surface area contributed by atoms with E-state index < -0.39 is 0 Å². The average molecular weight is 283 g/mol. The second kappa shape index (κ2) is 8.60. The van der Waals surface area contributed by atoms with Crippen LogP contribution in [0.15, 0.2) is 18.2 Å². The molecule has 1 rings (SSSR count). The first-order chi connectivity index (χ1) is 9.02. The zero-order valence-electron chi connectivity index (χ0n) is 12.5. The monoisotopic (exact) mass is 283 g/mol. The van der Waals surface area contributed by atoms with Gasteiger partial charge in [0, 0.05) is 11.8 Å². The zero-order valence-corrected chi connectivity index (χ0v) is 13.3. The van der Waals surface area contributed by atoms with E-state index in [9.17, 15) is 4.39 Å². The SMILES string of the molecule is CCCNC(CSC(C)C)Cc1cc(F)ccc1C. The third-order valence-corrected chi connectivity index (χ3v) is 4.35. The van der Waals surface area contributed by atoms with Crippen molar-refractivity contribution < 1.29 is 4.39 Å². The summed E-state index contributed by atoms with van der Waals surface area (Å²) < 4.78 is 13.3. The lowest BCUT2D eigenvalue weighted by Gasteiger charge is -2.20. The van der Waals surface area contributed by atoms with Crippen molar-refractivity contribution in [3.05, 3.63) is 35.1 Å². The van der Waals surface area contributed by atoms with Gasteiger partial charge in [0.1, 0.15) is 5.82 Å². The third-order valence-electron chi connectivity index (χ3n) is 3.09. The normalized spacial score (nSPS) is 12.9. The lowest BCUT2D eigenvalue weighted by atomic mass is 10.0. The Bertz CT molecular complexity index is 379. The lowest BCUT2D eigenvalue weighted by Crippen LogP contribution is -2.34. The molecule has 1 unspecified atom stereocenters. The Balaban J connectivity index is 2.66. The molecule has 1 N–H and O–H groups in total. The molecule has 1 aromatic rings. The quantitative estimate of drug-likeness (QED) is 0.768. The maximum atomic E-state index is 13.3. The number of hydrogen-bond acceptors (Lipinski definition) is 2. The van der Waals surface area contributed by atoms with E-state index in [-0.39, 0.29) is 5.82 Å². The van der Waals surface area contributed by atoms with Crippen LogP contribution in [0.25, 0.3) is 0 Å². The number of aryl methyl sites for hydroxylation is 1. The molecule has 0 aliphatic carbocycles. The van der Waals surface area contributed by atoms with E-state index in [0.29, 0.717) is 11.3 Å². The summed E-state index contributed by atoms with van der Waals surface area (Å²) in [5.74, 6) is 0.944. The maximum Gasteiger partial charge on any atom is 0.123 e. The van der Waals surface area contributed by atoms with E-state index in [2.05, 4.69) is 33.0 Å². The van der Waals surface area contributed by atoms with Crippen LogP contribution < -0.4 is 5.32 Å². The average Bonchev–Trinajstić information content (AvgIpc) is 2.36. The molecule has 0 spiro atoms. The molecular weight excluding hydrogens is 257 g/mol. The Morgan fingerprint density at radius 2 is 2.05 bits per heavy atom. The molecule has 0 saturated heterocycles. The Labute approximate surface area is 121 Å². The molecule has 19 heavy (non-hydrogen) atoms. The van der Waals surface area contributed by atoms with Crippen molar-refractivity contribution in [1.82, 2.24) is 5.32 Å². The van der Waals surface area contributed by atoms with E-state index in [1.54, 1.807) is 6.07 Å². The summed E-state index contributed by atoms with van der Waals surface area (Å²) in [5.41, 5.74) is 2.30. The van der Waals surface area contributed by atoms with Crippen LogP contribution in [0.1, 0.15) is 38.3 Å². The van der Waals surface area contributed by atoms with Gasteiger partial charge in [-0.05, 0) is 54.8 Å².